The number of fused-ring (bicyclic) bond motifs is 2. The summed E-state index contributed by atoms with van der Waals surface area (Å²) >= 11 is 13.4. The van der Waals surface area contributed by atoms with E-state index in [-0.39, 0.29) is 95.4 Å². The van der Waals surface area contributed by atoms with E-state index in [1.54, 1.807) is 21.3 Å². The average molecular weight is 1240 g/mol. The molecule has 10 aromatic rings. The number of aromatic nitrogens is 6. The molecule has 0 aliphatic heterocycles. The number of aromatic carboxylic acids is 2. The number of ether oxygens (including phenoxy) is 4. The van der Waals surface area contributed by atoms with Gasteiger partial charge in [0.2, 0.25) is 0 Å². The maximum atomic E-state index is 14.8. The molecule has 0 saturated heterocycles. The van der Waals surface area contributed by atoms with Gasteiger partial charge in [0.05, 0.1) is 70.0 Å². The van der Waals surface area contributed by atoms with E-state index in [2.05, 4.69) is 19.9 Å². The number of rotatable bonds is 20. The molecular formula is C64H48Cl2F6N8O8. The van der Waals surface area contributed by atoms with Crippen LogP contribution >= 0.6 is 23.2 Å². The van der Waals surface area contributed by atoms with Gasteiger partial charge < -0.3 is 38.3 Å². The van der Waals surface area contributed by atoms with Crippen molar-refractivity contribution in [1.29, 1.82) is 10.5 Å². The lowest BCUT2D eigenvalue weighted by atomic mass is 10.00. The molecule has 0 atom stereocenters. The molecule has 16 nitrogen and oxygen atoms in total. The minimum atomic E-state index is -1.26. The van der Waals surface area contributed by atoms with Gasteiger partial charge in [-0.1, -0.05) is 47.5 Å². The van der Waals surface area contributed by atoms with Crippen LogP contribution in [0.15, 0.2) is 109 Å². The predicted molar refractivity (Wildman–Crippen MR) is 312 cm³/mol. The molecule has 6 aromatic carbocycles. The molecule has 10 rings (SSSR count). The van der Waals surface area contributed by atoms with E-state index in [1.807, 2.05) is 38.1 Å². The number of imidazole rings is 2. The Kier molecular flexibility index (Phi) is 19.4. The summed E-state index contributed by atoms with van der Waals surface area (Å²) in [4.78, 5) is 40.6. The molecule has 448 valence electrons. The van der Waals surface area contributed by atoms with Crippen molar-refractivity contribution in [3.63, 3.8) is 0 Å². The fourth-order valence-electron chi connectivity index (χ4n) is 9.60. The Morgan fingerprint density at radius 3 is 1.26 bits per heavy atom. The maximum Gasteiger partial charge on any atom is 0.335 e. The SMILES string of the molecule is COCCn1c(Cc2cc(C)c(-c3ccc(F)c(OCc4ccc(C#N)cc4F)n3)cc2Cl)nc2c(F)cc(C(=O)O)cc21.COCCn1c(Cc2cc(C)c(-c3ccc(F)c(OCc4ccc(C#N)cc4F)n3)cc2Cl)nc2c(F)cc(C(=O)O)cc21. The van der Waals surface area contributed by atoms with Crippen LogP contribution < -0.4 is 9.47 Å². The van der Waals surface area contributed by atoms with Crippen LogP contribution in [0.1, 0.15) is 76.9 Å². The number of benzene rings is 6. The van der Waals surface area contributed by atoms with Gasteiger partial charge in [0.15, 0.2) is 23.3 Å². The van der Waals surface area contributed by atoms with E-state index < -0.39 is 46.8 Å². The highest BCUT2D eigenvalue weighted by Crippen LogP contribution is 2.35. The maximum absolute atomic E-state index is 14.8. The number of nitriles is 2. The van der Waals surface area contributed by atoms with E-state index in [0.29, 0.717) is 79.5 Å². The van der Waals surface area contributed by atoms with Crippen molar-refractivity contribution in [2.24, 2.45) is 0 Å². The standard InChI is InChI=1S/2C32H24ClF3N4O4/c2*1-17-9-20(13-29-39-30-26(36)11-21(32(41)42)12-28(30)40(29)7-8-43-2)23(33)14-22(17)27-6-5-24(34)31(38-27)44-16-19-4-3-18(15-37)10-25(19)35/h2*3-6,9-12,14H,7-8,13,16H2,1-2H3,(H,41,42). The molecule has 0 bridgehead atoms. The van der Waals surface area contributed by atoms with E-state index in [1.165, 1.54) is 74.9 Å². The molecule has 0 fully saturated rings. The lowest BCUT2D eigenvalue weighted by molar-refractivity contribution is 0.0686. The van der Waals surface area contributed by atoms with Crippen molar-refractivity contribution in [2.45, 2.75) is 53.0 Å². The normalized spacial score (nSPS) is 11.1. The molecule has 0 unspecified atom stereocenters. The van der Waals surface area contributed by atoms with Crippen molar-refractivity contribution >= 4 is 57.2 Å². The summed E-state index contributed by atoms with van der Waals surface area (Å²) in [6, 6.07) is 28.4. The summed E-state index contributed by atoms with van der Waals surface area (Å²) in [7, 11) is 3.04. The molecule has 4 heterocycles. The summed E-state index contributed by atoms with van der Waals surface area (Å²) in [6.45, 7) is 4.19. The van der Waals surface area contributed by atoms with Gasteiger partial charge >= 0.3 is 11.9 Å². The van der Waals surface area contributed by atoms with Gasteiger partial charge in [0, 0.05) is 72.4 Å². The van der Waals surface area contributed by atoms with Crippen LogP contribution in [0.4, 0.5) is 26.3 Å². The first-order chi connectivity index (χ1) is 42.2. The summed E-state index contributed by atoms with van der Waals surface area (Å²) in [5.41, 5.74) is 5.62. The Hall–Kier alpha value is -9.84. The van der Waals surface area contributed by atoms with Crippen molar-refractivity contribution in [3.05, 3.63) is 221 Å². The van der Waals surface area contributed by atoms with Gasteiger partial charge in [-0.2, -0.15) is 10.5 Å². The number of halogens is 8. The molecule has 0 spiro atoms. The fraction of sp³-hybridized carbons (Fsp3) is 0.188. The number of nitrogens with zero attached hydrogens (tertiary/aromatic N) is 8. The zero-order valence-electron chi connectivity index (χ0n) is 47.0. The van der Waals surface area contributed by atoms with E-state index in [9.17, 15) is 46.1 Å². The summed E-state index contributed by atoms with van der Waals surface area (Å²) in [6.07, 6.45) is 0.392. The highest BCUT2D eigenvalue weighted by atomic mass is 35.5. The number of carbonyl (C=O) groups is 2. The molecule has 0 radical (unpaired) electrons. The first-order valence-corrected chi connectivity index (χ1v) is 27.3. The highest BCUT2D eigenvalue weighted by molar-refractivity contribution is 6.32. The van der Waals surface area contributed by atoms with Crippen molar-refractivity contribution in [2.75, 3.05) is 27.4 Å². The van der Waals surface area contributed by atoms with Gasteiger partial charge in [0.25, 0.3) is 11.8 Å². The summed E-state index contributed by atoms with van der Waals surface area (Å²) in [5, 5.41) is 37.3. The minimum Gasteiger partial charge on any atom is -0.478 e. The number of methoxy groups -OCH3 is 2. The molecule has 88 heavy (non-hydrogen) atoms. The molecule has 4 aromatic heterocycles. The quantitative estimate of drug-likeness (QED) is 0.0678. The predicted octanol–water partition coefficient (Wildman–Crippen LogP) is 13.7. The Morgan fingerprint density at radius 2 is 0.909 bits per heavy atom. The third-order valence-electron chi connectivity index (χ3n) is 14.1. The van der Waals surface area contributed by atoms with Crippen LogP contribution in [0, 0.1) is 71.4 Å². The zero-order valence-corrected chi connectivity index (χ0v) is 48.5. The van der Waals surface area contributed by atoms with Gasteiger partial charge in [0.1, 0.15) is 47.5 Å². The van der Waals surface area contributed by atoms with Crippen molar-refractivity contribution in [1.82, 2.24) is 29.1 Å². The lowest BCUT2D eigenvalue weighted by Crippen LogP contribution is -2.10. The first-order valence-electron chi connectivity index (χ1n) is 26.5. The number of hydrogen-bond acceptors (Lipinski definition) is 12. The van der Waals surface area contributed by atoms with Gasteiger partial charge in [-0.15, -0.1) is 0 Å². The highest BCUT2D eigenvalue weighted by Gasteiger charge is 2.23. The molecular weight excluding hydrogens is 1190 g/mol. The zero-order chi connectivity index (χ0) is 63.1. The smallest absolute Gasteiger partial charge is 0.335 e. The van der Waals surface area contributed by atoms with Crippen LogP contribution in [0.5, 0.6) is 11.8 Å². The van der Waals surface area contributed by atoms with E-state index in [0.717, 1.165) is 35.4 Å². The summed E-state index contributed by atoms with van der Waals surface area (Å²) in [5.74, 6) is -6.56. The number of carboxylic acids is 2. The van der Waals surface area contributed by atoms with Crippen LogP contribution in [0.25, 0.3) is 44.6 Å². The third kappa shape index (κ3) is 13.9. The Bertz CT molecular complexity index is 4190. The molecule has 0 saturated carbocycles. The molecule has 2 N–H and O–H groups in total. The van der Waals surface area contributed by atoms with E-state index >= 15 is 0 Å². The Balaban J connectivity index is 0.000000209. The van der Waals surface area contributed by atoms with Crippen molar-refractivity contribution < 1.29 is 65.1 Å². The summed E-state index contributed by atoms with van der Waals surface area (Å²) < 4.78 is 112. The van der Waals surface area contributed by atoms with Crippen LogP contribution in [0.3, 0.4) is 0 Å². The Morgan fingerprint density at radius 1 is 0.511 bits per heavy atom. The van der Waals surface area contributed by atoms with Crippen LogP contribution in [-0.4, -0.2) is 78.7 Å². The van der Waals surface area contributed by atoms with Crippen LogP contribution in [0.2, 0.25) is 10.0 Å². The Labute approximate surface area is 508 Å². The van der Waals surface area contributed by atoms with E-state index in [4.69, 9.17) is 52.7 Å². The van der Waals surface area contributed by atoms with Crippen LogP contribution in [-0.2, 0) is 48.6 Å². The third-order valence-corrected chi connectivity index (χ3v) is 14.8. The molecule has 0 aliphatic rings. The number of carboxylic acid groups (broad SMARTS) is 2. The first kappa shape index (κ1) is 62.7. The molecule has 0 amide bonds. The second kappa shape index (κ2) is 27.2. The number of aryl methyl sites for hydroxylation is 2. The molecule has 24 heteroatoms. The van der Waals surface area contributed by atoms with Gasteiger partial charge in [-0.3, -0.25) is 0 Å². The number of hydrogen-bond donors (Lipinski definition) is 2. The van der Waals surface area contributed by atoms with Gasteiger partial charge in [-0.25, -0.2) is 55.9 Å². The second-order valence-corrected chi connectivity index (χ2v) is 20.7. The fourth-order valence-corrected chi connectivity index (χ4v) is 10.1. The topological polar surface area (TPSA) is 221 Å². The minimum absolute atomic E-state index is 0.0366. The number of pyridine rings is 2. The largest absolute Gasteiger partial charge is 0.478 e. The molecule has 0 aliphatic carbocycles. The van der Waals surface area contributed by atoms with Crippen molar-refractivity contribution in [3.8, 4) is 46.4 Å². The van der Waals surface area contributed by atoms with Gasteiger partial charge in [-0.05, 0) is 121 Å². The average Bonchev–Trinajstić information content (AvgIpc) is 1.90. The second-order valence-electron chi connectivity index (χ2n) is 19.9. The monoisotopic (exact) mass is 1240 g/mol. The lowest BCUT2D eigenvalue weighted by Gasteiger charge is -2.14.